The number of nitrogens with zero attached hydrogens (tertiary/aromatic N) is 2. The van der Waals surface area contributed by atoms with Crippen LogP contribution < -0.4 is 5.32 Å². The van der Waals surface area contributed by atoms with E-state index in [1.807, 2.05) is 13.0 Å². The third-order valence-electron chi connectivity index (χ3n) is 2.14. The van der Waals surface area contributed by atoms with Gasteiger partial charge in [0.15, 0.2) is 0 Å². The van der Waals surface area contributed by atoms with E-state index in [9.17, 15) is 0 Å². The SMILES string of the molecule is Cc1ccc(Cl)c(Nc2ncc(Br)cn2)c1Cl. The molecule has 0 spiro atoms. The summed E-state index contributed by atoms with van der Waals surface area (Å²) in [5, 5.41) is 4.11. The smallest absolute Gasteiger partial charge is 0.227 e. The first-order chi connectivity index (χ1) is 8.08. The molecule has 0 atom stereocenters. The molecule has 2 rings (SSSR count). The Kier molecular flexibility index (Phi) is 3.86. The molecule has 1 heterocycles. The maximum absolute atomic E-state index is 6.17. The van der Waals surface area contributed by atoms with Gasteiger partial charge in [-0.3, -0.25) is 0 Å². The van der Waals surface area contributed by atoms with Crippen LogP contribution in [-0.2, 0) is 0 Å². The maximum Gasteiger partial charge on any atom is 0.227 e. The zero-order chi connectivity index (χ0) is 12.4. The lowest BCUT2D eigenvalue weighted by atomic mass is 10.2. The maximum atomic E-state index is 6.17. The van der Waals surface area contributed by atoms with E-state index >= 15 is 0 Å². The summed E-state index contributed by atoms with van der Waals surface area (Å²) in [5.74, 6) is 0.447. The van der Waals surface area contributed by atoms with Gasteiger partial charge in [-0.15, -0.1) is 0 Å². The molecular formula is C11H8BrCl2N3. The summed E-state index contributed by atoms with van der Waals surface area (Å²) in [6.07, 6.45) is 3.29. The van der Waals surface area contributed by atoms with Gasteiger partial charge in [0.05, 0.1) is 20.2 Å². The topological polar surface area (TPSA) is 37.8 Å². The second-order valence-electron chi connectivity index (χ2n) is 3.40. The van der Waals surface area contributed by atoms with E-state index in [0.717, 1.165) is 10.0 Å². The highest BCUT2D eigenvalue weighted by Crippen LogP contribution is 2.34. The van der Waals surface area contributed by atoms with Crippen molar-refractivity contribution in [2.45, 2.75) is 6.92 Å². The standard InChI is InChI=1S/C11H8BrCl2N3/c1-6-2-3-8(13)10(9(6)14)17-11-15-4-7(12)5-16-11/h2-5H,1H3,(H,15,16,17). The van der Waals surface area contributed by atoms with E-state index in [4.69, 9.17) is 23.2 Å². The molecule has 0 aliphatic heterocycles. The van der Waals surface area contributed by atoms with Gasteiger partial charge in [0.25, 0.3) is 0 Å². The van der Waals surface area contributed by atoms with E-state index in [2.05, 4.69) is 31.2 Å². The number of aryl methyl sites for hydroxylation is 1. The van der Waals surface area contributed by atoms with E-state index in [0.29, 0.717) is 21.7 Å². The summed E-state index contributed by atoms with van der Waals surface area (Å²) in [5.41, 5.74) is 1.56. The Morgan fingerprint density at radius 2 is 1.82 bits per heavy atom. The normalized spacial score (nSPS) is 10.4. The Labute approximate surface area is 117 Å². The Morgan fingerprint density at radius 1 is 1.18 bits per heavy atom. The van der Waals surface area contributed by atoms with Gasteiger partial charge in [-0.05, 0) is 34.5 Å². The molecule has 0 radical (unpaired) electrons. The van der Waals surface area contributed by atoms with Crippen molar-refractivity contribution in [3.8, 4) is 0 Å². The molecule has 0 unspecified atom stereocenters. The average Bonchev–Trinajstić information content (AvgIpc) is 2.32. The van der Waals surface area contributed by atoms with Crippen LogP contribution in [0.3, 0.4) is 0 Å². The summed E-state index contributed by atoms with van der Waals surface area (Å²) >= 11 is 15.5. The van der Waals surface area contributed by atoms with Crippen molar-refractivity contribution in [3.05, 3.63) is 44.6 Å². The fraction of sp³-hybridized carbons (Fsp3) is 0.0909. The van der Waals surface area contributed by atoms with Crippen molar-refractivity contribution < 1.29 is 0 Å². The van der Waals surface area contributed by atoms with E-state index in [1.165, 1.54) is 0 Å². The van der Waals surface area contributed by atoms with Crippen LogP contribution in [0.5, 0.6) is 0 Å². The van der Waals surface area contributed by atoms with Crippen molar-refractivity contribution in [1.29, 1.82) is 0 Å². The Hall–Kier alpha value is -0.840. The molecule has 2 aromatic rings. The first kappa shape index (κ1) is 12.6. The predicted octanol–water partition coefficient (Wildman–Crippen LogP) is 4.60. The lowest BCUT2D eigenvalue weighted by Gasteiger charge is -2.10. The molecule has 3 nitrogen and oxygen atoms in total. The van der Waals surface area contributed by atoms with Crippen LogP contribution in [-0.4, -0.2) is 9.97 Å². The molecule has 0 aliphatic rings. The Bertz CT molecular complexity index is 543. The lowest BCUT2D eigenvalue weighted by Crippen LogP contribution is -1.98. The van der Waals surface area contributed by atoms with Crippen molar-refractivity contribution in [1.82, 2.24) is 9.97 Å². The second kappa shape index (κ2) is 5.21. The Morgan fingerprint density at radius 3 is 2.47 bits per heavy atom. The molecule has 1 aromatic heterocycles. The lowest BCUT2D eigenvalue weighted by molar-refractivity contribution is 1.15. The molecule has 1 N–H and O–H groups in total. The molecule has 0 saturated heterocycles. The summed E-state index contributed by atoms with van der Waals surface area (Å²) in [6.45, 7) is 1.91. The first-order valence-electron chi connectivity index (χ1n) is 4.77. The largest absolute Gasteiger partial charge is 0.322 e. The molecule has 88 valence electrons. The fourth-order valence-corrected chi connectivity index (χ4v) is 1.93. The predicted molar refractivity (Wildman–Crippen MR) is 74.2 cm³/mol. The average molecular weight is 333 g/mol. The molecular weight excluding hydrogens is 325 g/mol. The van der Waals surface area contributed by atoms with Crippen molar-refractivity contribution >= 4 is 50.8 Å². The molecule has 0 aliphatic carbocycles. The monoisotopic (exact) mass is 331 g/mol. The number of rotatable bonds is 2. The zero-order valence-electron chi connectivity index (χ0n) is 8.84. The number of hydrogen-bond acceptors (Lipinski definition) is 3. The molecule has 0 fully saturated rings. The van der Waals surface area contributed by atoms with Gasteiger partial charge in [0, 0.05) is 12.4 Å². The van der Waals surface area contributed by atoms with Gasteiger partial charge in [0.2, 0.25) is 5.95 Å². The minimum atomic E-state index is 0.447. The van der Waals surface area contributed by atoms with Crippen LogP contribution in [0.4, 0.5) is 11.6 Å². The molecule has 6 heteroatoms. The third-order valence-corrected chi connectivity index (χ3v) is 3.35. The minimum Gasteiger partial charge on any atom is -0.322 e. The van der Waals surface area contributed by atoms with Gasteiger partial charge in [-0.25, -0.2) is 9.97 Å². The number of hydrogen-bond donors (Lipinski definition) is 1. The van der Waals surface area contributed by atoms with Crippen LogP contribution in [0.2, 0.25) is 10.0 Å². The number of anilines is 2. The molecule has 0 amide bonds. The van der Waals surface area contributed by atoms with Crippen LogP contribution in [0.25, 0.3) is 0 Å². The van der Waals surface area contributed by atoms with Crippen LogP contribution in [0.15, 0.2) is 29.0 Å². The van der Waals surface area contributed by atoms with E-state index in [1.54, 1.807) is 18.5 Å². The minimum absolute atomic E-state index is 0.447. The summed E-state index contributed by atoms with van der Waals surface area (Å²) < 4.78 is 0.810. The van der Waals surface area contributed by atoms with Gasteiger partial charge in [-0.1, -0.05) is 29.3 Å². The van der Waals surface area contributed by atoms with E-state index < -0.39 is 0 Å². The summed E-state index contributed by atoms with van der Waals surface area (Å²) in [7, 11) is 0. The van der Waals surface area contributed by atoms with E-state index in [-0.39, 0.29) is 0 Å². The van der Waals surface area contributed by atoms with Crippen LogP contribution in [0.1, 0.15) is 5.56 Å². The van der Waals surface area contributed by atoms with Gasteiger partial charge < -0.3 is 5.32 Å². The summed E-state index contributed by atoms with van der Waals surface area (Å²) in [6, 6.07) is 3.64. The molecule has 0 bridgehead atoms. The molecule has 1 aromatic carbocycles. The number of aromatic nitrogens is 2. The number of halogens is 3. The van der Waals surface area contributed by atoms with Crippen LogP contribution >= 0.6 is 39.1 Å². The quantitative estimate of drug-likeness (QED) is 0.873. The highest BCUT2D eigenvalue weighted by atomic mass is 79.9. The van der Waals surface area contributed by atoms with Crippen molar-refractivity contribution in [3.63, 3.8) is 0 Å². The van der Waals surface area contributed by atoms with Crippen LogP contribution in [0, 0.1) is 6.92 Å². The van der Waals surface area contributed by atoms with Crippen molar-refractivity contribution in [2.24, 2.45) is 0 Å². The fourth-order valence-electron chi connectivity index (χ4n) is 1.26. The van der Waals surface area contributed by atoms with Gasteiger partial charge >= 0.3 is 0 Å². The number of nitrogens with one attached hydrogen (secondary N) is 1. The molecule has 0 saturated carbocycles. The highest BCUT2D eigenvalue weighted by Gasteiger charge is 2.09. The van der Waals surface area contributed by atoms with Gasteiger partial charge in [-0.2, -0.15) is 0 Å². The number of benzene rings is 1. The zero-order valence-corrected chi connectivity index (χ0v) is 11.9. The summed E-state index contributed by atoms with van der Waals surface area (Å²) in [4.78, 5) is 8.20. The molecule has 17 heavy (non-hydrogen) atoms. The first-order valence-corrected chi connectivity index (χ1v) is 6.32. The second-order valence-corrected chi connectivity index (χ2v) is 5.10. The highest BCUT2D eigenvalue weighted by molar-refractivity contribution is 9.10. The Balaban J connectivity index is 2.36. The third kappa shape index (κ3) is 2.89. The van der Waals surface area contributed by atoms with Crippen molar-refractivity contribution in [2.75, 3.05) is 5.32 Å². The van der Waals surface area contributed by atoms with Gasteiger partial charge in [0.1, 0.15) is 0 Å².